The number of carboxylic acids is 2. The van der Waals surface area contributed by atoms with E-state index in [0.717, 1.165) is 35.4 Å². The maximum Gasteiger partial charge on any atom is 0.490 e. The van der Waals surface area contributed by atoms with Gasteiger partial charge >= 0.3 is 24.3 Å². The molecular formula is C19H22F6N4O5S. The van der Waals surface area contributed by atoms with Crippen LogP contribution in [0.5, 0.6) is 0 Å². The highest BCUT2D eigenvalue weighted by Gasteiger charge is 2.39. The van der Waals surface area contributed by atoms with E-state index in [1.807, 2.05) is 6.92 Å². The van der Waals surface area contributed by atoms with E-state index in [-0.39, 0.29) is 0 Å². The SMILES string of the molecule is Cc1nc(COCc2n[nH]c3c2CN(CC2CC2)C3)cs1.O=C(O)C(F)(F)F.O=C(O)C(F)(F)F. The molecule has 1 aliphatic heterocycles. The predicted octanol–water partition coefficient (Wildman–Crippen LogP) is 3.88. The third-order valence-electron chi connectivity index (χ3n) is 4.66. The summed E-state index contributed by atoms with van der Waals surface area (Å²) in [5.74, 6) is -4.57. The van der Waals surface area contributed by atoms with E-state index in [0.29, 0.717) is 13.2 Å². The topological polar surface area (TPSA) is 129 Å². The fraction of sp³-hybridized carbons (Fsp3) is 0.579. The number of carboxylic acid groups (broad SMARTS) is 2. The van der Waals surface area contributed by atoms with Crippen LogP contribution >= 0.6 is 11.3 Å². The molecule has 4 rings (SSSR count). The van der Waals surface area contributed by atoms with E-state index in [2.05, 4.69) is 25.5 Å². The standard InChI is InChI=1S/C15H20N4OS.2C2HF3O2/c1-10-16-12(9-21-10)7-20-8-15-13-5-19(4-11-2-3-11)6-14(13)17-18-15;2*3-2(4,5)1(6)7/h9,11H,2-8H2,1H3,(H,17,18);2*(H,6,7). The average molecular weight is 532 g/mol. The average Bonchev–Trinajstić information content (AvgIpc) is 3.11. The van der Waals surface area contributed by atoms with Gasteiger partial charge < -0.3 is 14.9 Å². The molecule has 0 amide bonds. The van der Waals surface area contributed by atoms with E-state index < -0.39 is 24.3 Å². The number of H-pyrrole nitrogens is 1. The second-order valence-corrected chi connectivity index (χ2v) is 8.76. The smallest absolute Gasteiger partial charge is 0.475 e. The Balaban J connectivity index is 0.000000257. The van der Waals surface area contributed by atoms with Crippen LogP contribution in [0.2, 0.25) is 0 Å². The number of halogens is 6. The molecule has 0 aromatic carbocycles. The molecular weight excluding hydrogens is 510 g/mol. The van der Waals surface area contributed by atoms with Crippen molar-refractivity contribution in [1.29, 1.82) is 0 Å². The second kappa shape index (κ2) is 11.8. The minimum absolute atomic E-state index is 0.567. The summed E-state index contributed by atoms with van der Waals surface area (Å²) in [6.45, 7) is 6.43. The number of fused-ring (bicyclic) bond motifs is 1. The lowest BCUT2D eigenvalue weighted by Gasteiger charge is -2.14. The van der Waals surface area contributed by atoms with E-state index in [1.165, 1.54) is 30.6 Å². The largest absolute Gasteiger partial charge is 0.490 e. The molecule has 16 heteroatoms. The van der Waals surface area contributed by atoms with Crippen LogP contribution in [0.1, 0.15) is 40.5 Å². The van der Waals surface area contributed by atoms with Gasteiger partial charge in [-0.05, 0) is 25.7 Å². The Labute approximate surface area is 198 Å². The van der Waals surface area contributed by atoms with Crippen LogP contribution in [0.15, 0.2) is 5.38 Å². The van der Waals surface area contributed by atoms with Gasteiger partial charge in [-0.2, -0.15) is 31.4 Å². The highest BCUT2D eigenvalue weighted by molar-refractivity contribution is 7.09. The summed E-state index contributed by atoms with van der Waals surface area (Å²) in [5.41, 5.74) is 4.71. The summed E-state index contributed by atoms with van der Waals surface area (Å²) in [6.07, 6.45) is -7.35. The maximum absolute atomic E-state index is 10.6. The van der Waals surface area contributed by atoms with Crippen LogP contribution in [-0.4, -0.2) is 61.1 Å². The van der Waals surface area contributed by atoms with Gasteiger partial charge in [0.25, 0.3) is 0 Å². The molecule has 2 aromatic heterocycles. The van der Waals surface area contributed by atoms with Crippen molar-refractivity contribution < 1.29 is 50.9 Å². The van der Waals surface area contributed by atoms with Crippen LogP contribution in [-0.2, 0) is 40.6 Å². The number of thiazole rings is 1. The van der Waals surface area contributed by atoms with Gasteiger partial charge in [-0.25, -0.2) is 14.6 Å². The van der Waals surface area contributed by atoms with Crippen molar-refractivity contribution in [2.24, 2.45) is 5.92 Å². The Morgan fingerprint density at radius 1 is 1.11 bits per heavy atom. The number of ether oxygens (including phenoxy) is 1. The highest BCUT2D eigenvalue weighted by Crippen LogP contribution is 2.33. The first-order chi connectivity index (χ1) is 16.2. The summed E-state index contributed by atoms with van der Waals surface area (Å²) in [6, 6.07) is 0. The maximum atomic E-state index is 10.6. The molecule has 1 saturated carbocycles. The normalized spacial score (nSPS) is 15.5. The van der Waals surface area contributed by atoms with Gasteiger partial charge in [-0.15, -0.1) is 11.3 Å². The molecule has 2 aromatic rings. The zero-order valence-electron chi connectivity index (χ0n) is 18.2. The zero-order chi connectivity index (χ0) is 26.4. The summed E-state index contributed by atoms with van der Waals surface area (Å²) in [5, 5.41) is 25.0. The molecule has 1 aliphatic carbocycles. The number of aryl methyl sites for hydroxylation is 1. The summed E-state index contributed by atoms with van der Waals surface area (Å²) >= 11 is 1.66. The molecule has 3 heterocycles. The number of nitrogens with one attached hydrogen (secondary N) is 1. The van der Waals surface area contributed by atoms with Crippen molar-refractivity contribution in [3.63, 3.8) is 0 Å². The first-order valence-corrected chi connectivity index (χ1v) is 10.9. The number of hydrogen-bond acceptors (Lipinski definition) is 7. The van der Waals surface area contributed by atoms with E-state index >= 15 is 0 Å². The quantitative estimate of drug-likeness (QED) is 0.478. The van der Waals surface area contributed by atoms with Crippen LogP contribution in [0.3, 0.4) is 0 Å². The monoisotopic (exact) mass is 532 g/mol. The summed E-state index contributed by atoms with van der Waals surface area (Å²) in [7, 11) is 0. The van der Waals surface area contributed by atoms with Crippen molar-refractivity contribution in [3.8, 4) is 0 Å². The number of alkyl halides is 6. The van der Waals surface area contributed by atoms with E-state index in [4.69, 9.17) is 24.5 Å². The van der Waals surface area contributed by atoms with Gasteiger partial charge in [-0.1, -0.05) is 0 Å². The second-order valence-electron chi connectivity index (χ2n) is 7.70. The van der Waals surface area contributed by atoms with Crippen LogP contribution in [0, 0.1) is 12.8 Å². The van der Waals surface area contributed by atoms with Crippen LogP contribution in [0.4, 0.5) is 26.3 Å². The fourth-order valence-electron chi connectivity index (χ4n) is 2.91. The van der Waals surface area contributed by atoms with Crippen molar-refractivity contribution in [2.45, 2.75) is 58.4 Å². The summed E-state index contributed by atoms with van der Waals surface area (Å²) < 4.78 is 69.2. The molecule has 9 nitrogen and oxygen atoms in total. The Morgan fingerprint density at radius 2 is 1.69 bits per heavy atom. The Morgan fingerprint density at radius 3 is 2.14 bits per heavy atom. The van der Waals surface area contributed by atoms with Crippen molar-refractivity contribution in [2.75, 3.05) is 6.54 Å². The molecule has 0 atom stereocenters. The highest BCUT2D eigenvalue weighted by atomic mass is 32.1. The fourth-order valence-corrected chi connectivity index (χ4v) is 3.50. The summed E-state index contributed by atoms with van der Waals surface area (Å²) in [4.78, 5) is 24.7. The minimum atomic E-state index is -5.08. The van der Waals surface area contributed by atoms with Gasteiger partial charge in [0.05, 0.1) is 35.3 Å². The Hall–Kier alpha value is -2.72. The predicted molar refractivity (Wildman–Crippen MR) is 108 cm³/mol. The van der Waals surface area contributed by atoms with E-state index in [9.17, 15) is 26.3 Å². The van der Waals surface area contributed by atoms with Crippen LogP contribution in [0.25, 0.3) is 0 Å². The van der Waals surface area contributed by atoms with Gasteiger partial charge in [0.2, 0.25) is 0 Å². The lowest BCUT2D eigenvalue weighted by Crippen LogP contribution is -2.21. The third kappa shape index (κ3) is 9.81. The third-order valence-corrected chi connectivity index (χ3v) is 5.48. The minimum Gasteiger partial charge on any atom is -0.475 e. The molecule has 3 N–H and O–H groups in total. The first kappa shape index (κ1) is 28.5. The van der Waals surface area contributed by atoms with Crippen molar-refractivity contribution in [3.05, 3.63) is 33.0 Å². The lowest BCUT2D eigenvalue weighted by atomic mass is 10.2. The van der Waals surface area contributed by atoms with Gasteiger partial charge in [0, 0.05) is 30.6 Å². The first-order valence-electron chi connectivity index (χ1n) is 10.0. The van der Waals surface area contributed by atoms with Gasteiger partial charge in [0.1, 0.15) is 0 Å². The molecule has 0 spiro atoms. The molecule has 2 aliphatic rings. The zero-order valence-corrected chi connectivity index (χ0v) is 19.1. The molecule has 1 fully saturated rings. The number of hydrogen-bond donors (Lipinski definition) is 3. The van der Waals surface area contributed by atoms with Crippen molar-refractivity contribution in [1.82, 2.24) is 20.1 Å². The molecule has 0 unspecified atom stereocenters. The van der Waals surface area contributed by atoms with Gasteiger partial charge in [0.15, 0.2) is 0 Å². The number of rotatable bonds is 6. The van der Waals surface area contributed by atoms with Crippen LogP contribution < -0.4 is 0 Å². The molecule has 0 bridgehead atoms. The van der Waals surface area contributed by atoms with E-state index in [1.54, 1.807) is 11.3 Å². The van der Waals surface area contributed by atoms with Gasteiger partial charge in [-0.3, -0.25) is 10.00 Å². The molecule has 0 radical (unpaired) electrons. The lowest BCUT2D eigenvalue weighted by molar-refractivity contribution is -0.193. The number of nitrogens with zero attached hydrogens (tertiary/aromatic N) is 3. The number of aromatic amines is 1. The Bertz CT molecular complexity index is 979. The number of aliphatic carboxylic acids is 2. The molecule has 0 saturated heterocycles. The number of carbonyl (C=O) groups is 2. The van der Waals surface area contributed by atoms with Crippen molar-refractivity contribution >= 4 is 23.3 Å². The molecule has 196 valence electrons. The Kier molecular flexibility index (Phi) is 9.62. The molecule has 35 heavy (non-hydrogen) atoms. The number of aromatic nitrogens is 3.